The maximum absolute atomic E-state index is 11.6. The molecule has 0 saturated heterocycles. The van der Waals surface area contributed by atoms with Crippen molar-refractivity contribution in [2.45, 2.75) is 19.1 Å². The van der Waals surface area contributed by atoms with Crippen LogP contribution in [-0.2, 0) is 5.72 Å². The number of nitrogens with zero attached hydrogens (tertiary/aromatic N) is 2. The number of amidine groups is 1. The van der Waals surface area contributed by atoms with Gasteiger partial charge in [-0.1, -0.05) is 40.9 Å². The summed E-state index contributed by atoms with van der Waals surface area (Å²) in [4.78, 5) is 2.19. The summed E-state index contributed by atoms with van der Waals surface area (Å²) in [5, 5.41) is 13.8. The minimum atomic E-state index is -1.16. The van der Waals surface area contributed by atoms with Crippen molar-refractivity contribution in [1.82, 2.24) is 0 Å². The van der Waals surface area contributed by atoms with E-state index in [9.17, 15) is 5.11 Å². The number of aliphatic hydroxyl groups is 1. The van der Waals surface area contributed by atoms with Crippen molar-refractivity contribution in [2.75, 3.05) is 23.7 Å². The molecule has 1 unspecified atom stereocenters. The van der Waals surface area contributed by atoms with Crippen molar-refractivity contribution in [2.24, 2.45) is 0 Å². The lowest BCUT2D eigenvalue weighted by molar-refractivity contribution is -0.656. The van der Waals surface area contributed by atoms with Gasteiger partial charge in [-0.15, -0.1) is 0 Å². The average molecular weight is 474 g/mol. The van der Waals surface area contributed by atoms with Crippen LogP contribution < -0.4 is 21.9 Å². The third-order valence-corrected chi connectivity index (χ3v) is 6.49. The van der Waals surface area contributed by atoms with E-state index < -0.39 is 5.72 Å². The molecule has 3 nitrogen and oxygen atoms in total. The fourth-order valence-corrected chi connectivity index (χ4v) is 5.21. The van der Waals surface area contributed by atoms with Crippen molar-refractivity contribution in [1.29, 1.82) is 0 Å². The first-order valence-corrected chi connectivity index (χ1v) is 10.0. The normalized spacial score (nSPS) is 22.2. The Labute approximate surface area is 178 Å². The number of hydrogen-bond donors (Lipinski definition) is 1. The van der Waals surface area contributed by atoms with Gasteiger partial charge in [0.15, 0.2) is 6.54 Å². The van der Waals surface area contributed by atoms with Gasteiger partial charge in [-0.3, -0.25) is 0 Å². The summed E-state index contributed by atoms with van der Waals surface area (Å²) in [5.74, 6) is 1.05. The van der Waals surface area contributed by atoms with Gasteiger partial charge in [0.05, 0.1) is 17.1 Å². The third kappa shape index (κ3) is 3.40. The highest BCUT2D eigenvalue weighted by Crippen LogP contribution is 2.40. The smallest absolute Gasteiger partial charge is 0.316 e. The molecule has 2 aliphatic rings. The Hall–Kier alpha value is -0.720. The first-order chi connectivity index (χ1) is 12.0. The van der Waals surface area contributed by atoms with Crippen LogP contribution >= 0.6 is 35.0 Å². The molecule has 0 saturated carbocycles. The van der Waals surface area contributed by atoms with Gasteiger partial charge in [-0.25, -0.2) is 9.48 Å². The molecular formula is C19H19BrCl2N2OS. The van der Waals surface area contributed by atoms with Crippen molar-refractivity contribution in [3.8, 4) is 0 Å². The van der Waals surface area contributed by atoms with Gasteiger partial charge in [0.25, 0.3) is 5.72 Å². The van der Waals surface area contributed by atoms with Crippen LogP contribution in [0.25, 0.3) is 0 Å². The molecule has 1 atom stereocenters. The number of anilines is 1. The molecule has 0 aliphatic carbocycles. The molecule has 138 valence electrons. The molecule has 4 rings (SSSR count). The van der Waals surface area contributed by atoms with E-state index in [0.29, 0.717) is 22.2 Å². The van der Waals surface area contributed by atoms with E-state index in [4.69, 9.17) is 23.2 Å². The molecular weight excluding hydrogens is 455 g/mol. The van der Waals surface area contributed by atoms with Gasteiger partial charge in [0.2, 0.25) is 0 Å². The van der Waals surface area contributed by atoms with Crippen LogP contribution in [0, 0.1) is 6.92 Å². The quantitative estimate of drug-likeness (QED) is 0.669. The zero-order valence-corrected chi connectivity index (χ0v) is 18.2. The number of β-amino-alcohol motifs (C(OH)–C–C–N with tert-alkyl or cyclic N) is 1. The van der Waals surface area contributed by atoms with Crippen LogP contribution in [0.15, 0.2) is 42.5 Å². The molecule has 0 radical (unpaired) electrons. The van der Waals surface area contributed by atoms with Crippen LogP contribution in [0.2, 0.25) is 10.0 Å². The van der Waals surface area contributed by atoms with Crippen molar-refractivity contribution in [3.05, 3.63) is 63.6 Å². The summed E-state index contributed by atoms with van der Waals surface area (Å²) in [7, 11) is 0. The van der Waals surface area contributed by atoms with E-state index in [2.05, 4.69) is 40.7 Å². The topological polar surface area (TPSA) is 26.5 Å². The molecule has 2 aromatic carbocycles. The molecule has 1 N–H and O–H groups in total. The highest BCUT2D eigenvalue weighted by Gasteiger charge is 2.54. The average Bonchev–Trinajstić information content (AvgIpc) is 2.90. The Morgan fingerprint density at radius 2 is 1.88 bits per heavy atom. The standard InChI is InChI=1S/C19H19Cl2N2OS.BrH/c1-13-3-6-15(7-4-13)22-12-19(24,23-9-2-10-25-18(22)23)16-8-5-14(20)11-17(16)21;/h3-8,11,24H,2,9-10,12H2,1H3;1H/q+1;/p-1. The maximum atomic E-state index is 11.6. The van der Waals surface area contributed by atoms with Gasteiger partial charge in [-0.2, -0.15) is 0 Å². The predicted octanol–water partition coefficient (Wildman–Crippen LogP) is 1.48. The molecule has 0 fully saturated rings. The van der Waals surface area contributed by atoms with Crippen molar-refractivity contribution >= 4 is 45.8 Å². The lowest BCUT2D eigenvalue weighted by atomic mass is 10.0. The van der Waals surface area contributed by atoms with Gasteiger partial charge in [0, 0.05) is 10.8 Å². The van der Waals surface area contributed by atoms with Crippen molar-refractivity contribution in [3.63, 3.8) is 0 Å². The van der Waals surface area contributed by atoms with E-state index in [0.717, 1.165) is 29.6 Å². The fourth-order valence-electron chi connectivity index (χ4n) is 3.47. The highest BCUT2D eigenvalue weighted by atomic mass is 79.9. The Balaban J connectivity index is 0.00000196. The van der Waals surface area contributed by atoms with E-state index in [-0.39, 0.29) is 17.0 Å². The largest absolute Gasteiger partial charge is 1.00 e. The molecule has 2 aliphatic heterocycles. The van der Waals surface area contributed by atoms with Gasteiger partial charge < -0.3 is 22.1 Å². The fraction of sp³-hybridized carbons (Fsp3) is 0.316. The van der Waals surface area contributed by atoms with Crippen LogP contribution in [0.5, 0.6) is 0 Å². The van der Waals surface area contributed by atoms with Crippen LogP contribution in [0.1, 0.15) is 17.5 Å². The second-order valence-electron chi connectivity index (χ2n) is 6.50. The van der Waals surface area contributed by atoms with Crippen LogP contribution in [-0.4, -0.2) is 33.7 Å². The van der Waals surface area contributed by atoms with Crippen molar-refractivity contribution < 1.29 is 26.7 Å². The molecule has 0 amide bonds. The number of benzene rings is 2. The first kappa shape index (κ1) is 20.0. The summed E-state index contributed by atoms with van der Waals surface area (Å²) >= 11 is 14.3. The predicted molar refractivity (Wildman–Crippen MR) is 106 cm³/mol. The molecule has 0 bridgehead atoms. The summed E-state index contributed by atoms with van der Waals surface area (Å²) in [6.07, 6.45) is 1.03. The van der Waals surface area contributed by atoms with E-state index >= 15 is 0 Å². The van der Waals surface area contributed by atoms with E-state index in [1.807, 2.05) is 6.07 Å². The second kappa shape index (κ2) is 7.72. The lowest BCUT2D eigenvalue weighted by Gasteiger charge is -2.25. The molecule has 26 heavy (non-hydrogen) atoms. The zero-order chi connectivity index (χ0) is 17.6. The monoisotopic (exact) mass is 472 g/mol. The van der Waals surface area contributed by atoms with Gasteiger partial charge >= 0.3 is 5.17 Å². The number of halogens is 3. The third-order valence-electron chi connectivity index (χ3n) is 4.75. The maximum Gasteiger partial charge on any atom is 0.316 e. The Morgan fingerprint density at radius 3 is 2.58 bits per heavy atom. The minimum Gasteiger partial charge on any atom is -1.00 e. The summed E-state index contributed by atoms with van der Waals surface area (Å²) in [6.45, 7) is 3.33. The molecule has 0 aromatic heterocycles. The number of aryl methyl sites for hydroxylation is 1. The Bertz CT molecular complexity index is 859. The lowest BCUT2D eigenvalue weighted by Crippen LogP contribution is -3.00. The molecule has 0 spiro atoms. The van der Waals surface area contributed by atoms with Gasteiger partial charge in [-0.05, 0) is 55.4 Å². The minimum absolute atomic E-state index is 0. The van der Waals surface area contributed by atoms with E-state index in [1.165, 1.54) is 5.56 Å². The Kier molecular flexibility index (Phi) is 5.95. The van der Waals surface area contributed by atoms with Gasteiger partial charge in [0.1, 0.15) is 5.69 Å². The summed E-state index contributed by atoms with van der Waals surface area (Å²) in [5.41, 5.74) is 1.85. The van der Waals surface area contributed by atoms with E-state index in [1.54, 1.807) is 23.9 Å². The zero-order valence-electron chi connectivity index (χ0n) is 14.3. The van der Waals surface area contributed by atoms with Crippen LogP contribution in [0.3, 0.4) is 0 Å². The molecule has 2 heterocycles. The number of rotatable bonds is 2. The number of hydrogen-bond acceptors (Lipinski definition) is 3. The summed E-state index contributed by atoms with van der Waals surface area (Å²) in [6, 6.07) is 13.7. The van der Waals surface area contributed by atoms with Crippen LogP contribution in [0.4, 0.5) is 5.69 Å². The molecule has 7 heteroatoms. The number of thioether (sulfide) groups is 1. The second-order valence-corrected chi connectivity index (χ2v) is 8.40. The highest BCUT2D eigenvalue weighted by molar-refractivity contribution is 8.13. The molecule has 2 aromatic rings. The SMILES string of the molecule is Cc1ccc(N2CC(O)(c3ccc(Cl)cc3Cl)[N+]3=C2SCCC3)cc1.[Br-]. The Morgan fingerprint density at radius 1 is 1.15 bits per heavy atom. The summed E-state index contributed by atoms with van der Waals surface area (Å²) < 4.78 is 2.08. The first-order valence-electron chi connectivity index (χ1n) is 8.28.